The molecule has 0 bridgehead atoms. The van der Waals surface area contributed by atoms with Gasteiger partial charge in [-0.3, -0.25) is 0 Å². The lowest BCUT2D eigenvalue weighted by Gasteiger charge is -2.29. The molecule has 2 aliphatic carbocycles. The van der Waals surface area contributed by atoms with Crippen molar-refractivity contribution in [2.45, 2.75) is 89.9 Å². The lowest BCUT2D eigenvalue weighted by Crippen LogP contribution is -2.15. The third-order valence-corrected chi connectivity index (χ3v) is 8.19. The van der Waals surface area contributed by atoms with Crippen LogP contribution in [0.15, 0.2) is 30.3 Å². The van der Waals surface area contributed by atoms with E-state index in [-0.39, 0.29) is 23.3 Å². The zero-order valence-electron chi connectivity index (χ0n) is 20.4. The van der Waals surface area contributed by atoms with Crippen molar-refractivity contribution in [2.75, 3.05) is 0 Å². The summed E-state index contributed by atoms with van der Waals surface area (Å²) in [6, 6.07) is 6.81. The van der Waals surface area contributed by atoms with E-state index < -0.39 is 23.3 Å². The Balaban J connectivity index is 1.36. The van der Waals surface area contributed by atoms with Crippen LogP contribution in [-0.4, -0.2) is 0 Å². The van der Waals surface area contributed by atoms with Crippen molar-refractivity contribution >= 4 is 6.08 Å². The zero-order valence-corrected chi connectivity index (χ0v) is 20.4. The minimum absolute atomic E-state index is 0.000584. The lowest BCUT2D eigenvalue weighted by atomic mass is 9.77. The summed E-state index contributed by atoms with van der Waals surface area (Å²) in [6.45, 7) is 3.76. The van der Waals surface area contributed by atoms with Crippen LogP contribution in [0.5, 0.6) is 0 Å². The molecule has 2 aliphatic rings. The Morgan fingerprint density at radius 1 is 0.706 bits per heavy atom. The molecule has 34 heavy (non-hydrogen) atoms. The van der Waals surface area contributed by atoms with Gasteiger partial charge in [0.05, 0.1) is 0 Å². The molecular formula is C30H36F4. The minimum Gasteiger partial charge on any atom is -0.203 e. The number of allylic oxidation sites excluding steroid dienone is 1. The maximum absolute atomic E-state index is 14.9. The molecule has 0 amide bonds. The highest BCUT2D eigenvalue weighted by Gasteiger charge is 2.27. The first-order valence-corrected chi connectivity index (χ1v) is 13.0. The van der Waals surface area contributed by atoms with Crippen LogP contribution in [0.1, 0.15) is 105 Å². The summed E-state index contributed by atoms with van der Waals surface area (Å²) in [5, 5.41) is 0. The van der Waals surface area contributed by atoms with Crippen LogP contribution in [0.4, 0.5) is 17.6 Å². The average molecular weight is 473 g/mol. The Bertz CT molecular complexity index is 1010. The SMILES string of the molecule is CCCC1CCC(c2ccc(/C=C/C3CCC(c4ccc(C)c(F)c4F)CC3)c(F)c2F)CC1. The van der Waals surface area contributed by atoms with Crippen molar-refractivity contribution in [3.63, 3.8) is 0 Å². The van der Waals surface area contributed by atoms with E-state index in [0.29, 0.717) is 16.7 Å². The van der Waals surface area contributed by atoms with Gasteiger partial charge in [0.1, 0.15) is 0 Å². The number of aryl methyl sites for hydroxylation is 1. The number of rotatable bonds is 6. The first-order chi connectivity index (χ1) is 16.4. The van der Waals surface area contributed by atoms with Crippen LogP contribution >= 0.6 is 0 Å². The van der Waals surface area contributed by atoms with Crippen molar-refractivity contribution in [1.82, 2.24) is 0 Å². The van der Waals surface area contributed by atoms with E-state index in [2.05, 4.69) is 6.92 Å². The highest BCUT2D eigenvalue weighted by molar-refractivity contribution is 5.52. The van der Waals surface area contributed by atoms with Gasteiger partial charge in [-0.1, -0.05) is 56.2 Å². The van der Waals surface area contributed by atoms with E-state index in [1.54, 1.807) is 37.3 Å². The summed E-state index contributed by atoms with van der Waals surface area (Å²) in [5.74, 6) is -1.86. The van der Waals surface area contributed by atoms with E-state index >= 15 is 0 Å². The second-order valence-corrected chi connectivity index (χ2v) is 10.4. The van der Waals surface area contributed by atoms with Crippen LogP contribution in [0, 0.1) is 42.0 Å². The van der Waals surface area contributed by atoms with E-state index in [4.69, 9.17) is 0 Å². The third-order valence-electron chi connectivity index (χ3n) is 8.19. The standard InChI is InChI=1S/C30H36F4/c1-3-4-20-6-11-23(12-7-20)26-18-16-24(28(32)30(26)34)15-10-21-8-13-22(14-9-21)25-17-5-19(2)27(31)29(25)33/h5,10,15-18,20-23H,3-4,6-9,11-14H2,1-2H3/b15-10+. The van der Waals surface area contributed by atoms with Crippen LogP contribution in [0.25, 0.3) is 6.08 Å². The Morgan fingerprint density at radius 3 is 1.88 bits per heavy atom. The molecule has 0 saturated heterocycles. The van der Waals surface area contributed by atoms with Crippen molar-refractivity contribution < 1.29 is 17.6 Å². The molecule has 0 heterocycles. The molecule has 0 aromatic heterocycles. The smallest absolute Gasteiger partial charge is 0.166 e. The maximum Gasteiger partial charge on any atom is 0.166 e. The normalized spacial score (nSPS) is 25.7. The fourth-order valence-electron chi connectivity index (χ4n) is 6.03. The molecular weight excluding hydrogens is 436 g/mol. The van der Waals surface area contributed by atoms with Gasteiger partial charge >= 0.3 is 0 Å². The molecule has 0 nitrogen and oxygen atoms in total. The maximum atomic E-state index is 14.9. The molecule has 2 fully saturated rings. The first kappa shape index (κ1) is 25.0. The van der Waals surface area contributed by atoms with E-state index in [0.717, 1.165) is 57.3 Å². The quantitative estimate of drug-likeness (QED) is 0.367. The molecule has 2 aromatic carbocycles. The molecule has 2 saturated carbocycles. The molecule has 4 rings (SSSR count). The van der Waals surface area contributed by atoms with Gasteiger partial charge in [-0.2, -0.15) is 0 Å². The minimum atomic E-state index is -0.755. The van der Waals surface area contributed by atoms with Gasteiger partial charge in [-0.15, -0.1) is 0 Å². The van der Waals surface area contributed by atoms with Crippen LogP contribution in [0.3, 0.4) is 0 Å². The Morgan fingerprint density at radius 2 is 1.26 bits per heavy atom. The van der Waals surface area contributed by atoms with Gasteiger partial charge in [-0.25, -0.2) is 17.6 Å². The highest BCUT2D eigenvalue weighted by Crippen LogP contribution is 2.40. The summed E-state index contributed by atoms with van der Waals surface area (Å²) >= 11 is 0. The predicted molar refractivity (Wildman–Crippen MR) is 131 cm³/mol. The summed E-state index contributed by atoms with van der Waals surface area (Å²) in [6.07, 6.45) is 13.3. The van der Waals surface area contributed by atoms with Gasteiger partial charge in [-0.05, 0) is 98.7 Å². The van der Waals surface area contributed by atoms with Gasteiger partial charge in [0.25, 0.3) is 0 Å². The molecule has 0 unspecified atom stereocenters. The molecule has 184 valence electrons. The Kier molecular flexibility index (Phi) is 8.16. The molecule has 0 radical (unpaired) electrons. The predicted octanol–water partition coefficient (Wildman–Crippen LogP) is 9.61. The third kappa shape index (κ3) is 5.42. The largest absolute Gasteiger partial charge is 0.203 e. The molecule has 4 heteroatoms. The van der Waals surface area contributed by atoms with Gasteiger partial charge < -0.3 is 0 Å². The van der Waals surface area contributed by atoms with Crippen molar-refractivity contribution in [1.29, 1.82) is 0 Å². The Hall–Kier alpha value is -2.10. The topological polar surface area (TPSA) is 0 Å². The highest BCUT2D eigenvalue weighted by atomic mass is 19.2. The second-order valence-electron chi connectivity index (χ2n) is 10.4. The van der Waals surface area contributed by atoms with E-state index in [1.165, 1.54) is 12.8 Å². The summed E-state index contributed by atoms with van der Waals surface area (Å²) in [4.78, 5) is 0. The monoisotopic (exact) mass is 472 g/mol. The summed E-state index contributed by atoms with van der Waals surface area (Å²) < 4.78 is 58.1. The number of benzene rings is 2. The second kappa shape index (κ2) is 11.1. The molecule has 0 spiro atoms. The van der Waals surface area contributed by atoms with Crippen molar-refractivity contribution in [3.05, 3.63) is 75.9 Å². The van der Waals surface area contributed by atoms with Crippen molar-refractivity contribution in [2.24, 2.45) is 11.8 Å². The molecule has 0 atom stereocenters. The Labute approximate surface area is 201 Å². The van der Waals surface area contributed by atoms with Crippen LogP contribution in [-0.2, 0) is 0 Å². The van der Waals surface area contributed by atoms with Crippen LogP contribution < -0.4 is 0 Å². The van der Waals surface area contributed by atoms with Crippen molar-refractivity contribution in [3.8, 4) is 0 Å². The summed E-state index contributed by atoms with van der Waals surface area (Å²) in [5.41, 5.74) is 1.59. The van der Waals surface area contributed by atoms with Gasteiger partial charge in [0.2, 0.25) is 0 Å². The zero-order chi connectivity index (χ0) is 24.2. The number of hydrogen-bond acceptors (Lipinski definition) is 0. The number of hydrogen-bond donors (Lipinski definition) is 0. The fraction of sp³-hybridized carbons (Fsp3) is 0.533. The first-order valence-electron chi connectivity index (χ1n) is 13.0. The average Bonchev–Trinajstić information content (AvgIpc) is 2.85. The molecule has 2 aromatic rings. The van der Waals surface area contributed by atoms with Gasteiger partial charge in [0.15, 0.2) is 23.3 Å². The fourth-order valence-corrected chi connectivity index (χ4v) is 6.03. The molecule has 0 N–H and O–H groups in total. The van der Waals surface area contributed by atoms with E-state index in [1.807, 2.05) is 6.08 Å². The lowest BCUT2D eigenvalue weighted by molar-refractivity contribution is 0.303. The van der Waals surface area contributed by atoms with Crippen LogP contribution in [0.2, 0.25) is 0 Å². The summed E-state index contributed by atoms with van der Waals surface area (Å²) in [7, 11) is 0. The van der Waals surface area contributed by atoms with E-state index in [9.17, 15) is 17.6 Å². The molecule has 0 aliphatic heterocycles. The number of halogens is 4. The van der Waals surface area contributed by atoms with Gasteiger partial charge in [0, 0.05) is 5.56 Å².